The molecule has 4 N–H and O–H groups in total. The zero-order valence-corrected chi connectivity index (χ0v) is 11.7. The molecule has 1 aromatic carbocycles. The van der Waals surface area contributed by atoms with E-state index in [0.717, 1.165) is 22.4 Å². The van der Waals surface area contributed by atoms with Crippen molar-refractivity contribution < 1.29 is 4.74 Å². The molecule has 0 aromatic heterocycles. The molecule has 1 rings (SSSR count). The monoisotopic (exact) mass is 236 g/mol. The van der Waals surface area contributed by atoms with Crippen molar-refractivity contribution in [1.82, 2.24) is 0 Å². The Bertz CT molecular complexity index is 419. The topological polar surface area (TPSA) is 61.3 Å². The van der Waals surface area contributed by atoms with Crippen LogP contribution in [-0.4, -0.2) is 12.6 Å². The number of aryl methyl sites for hydroxylation is 1. The van der Waals surface area contributed by atoms with E-state index in [1.54, 1.807) is 7.11 Å². The lowest BCUT2D eigenvalue weighted by Crippen LogP contribution is -2.44. The van der Waals surface area contributed by atoms with Crippen LogP contribution in [-0.2, 0) is 0 Å². The van der Waals surface area contributed by atoms with Crippen molar-refractivity contribution in [3.8, 4) is 5.75 Å². The van der Waals surface area contributed by atoms with Crippen LogP contribution in [0.25, 0.3) is 0 Å². The molecule has 0 radical (unpaired) electrons. The van der Waals surface area contributed by atoms with E-state index in [4.69, 9.17) is 16.2 Å². The fraction of sp³-hybridized carbons (Fsp3) is 0.571. The maximum absolute atomic E-state index is 6.27. The summed E-state index contributed by atoms with van der Waals surface area (Å²) >= 11 is 0. The Morgan fingerprint density at radius 3 is 2.12 bits per heavy atom. The molecule has 3 heteroatoms. The predicted molar refractivity (Wildman–Crippen MR) is 72.4 cm³/mol. The lowest BCUT2D eigenvalue weighted by atomic mass is 9.84. The largest absolute Gasteiger partial charge is 0.496 e. The fourth-order valence-corrected chi connectivity index (χ4v) is 2.13. The van der Waals surface area contributed by atoms with Crippen molar-refractivity contribution in [1.29, 1.82) is 0 Å². The molecule has 0 aliphatic heterocycles. The molecule has 0 spiro atoms. The molecule has 0 saturated heterocycles. The minimum atomic E-state index is -0.434. The van der Waals surface area contributed by atoms with Gasteiger partial charge < -0.3 is 16.2 Å². The molecule has 0 saturated carbocycles. The van der Waals surface area contributed by atoms with Gasteiger partial charge in [0, 0.05) is 11.6 Å². The van der Waals surface area contributed by atoms with Crippen LogP contribution in [0.3, 0.4) is 0 Å². The SMILES string of the molecule is COc1cc(C)c(C(N)C(C)(C)N)c(C)c1C. The average Bonchev–Trinajstić information content (AvgIpc) is 2.22. The number of hydrogen-bond acceptors (Lipinski definition) is 3. The Morgan fingerprint density at radius 2 is 1.71 bits per heavy atom. The molecular weight excluding hydrogens is 212 g/mol. The Hall–Kier alpha value is -1.06. The van der Waals surface area contributed by atoms with Gasteiger partial charge in [-0.25, -0.2) is 0 Å². The highest BCUT2D eigenvalue weighted by Crippen LogP contribution is 2.33. The highest BCUT2D eigenvalue weighted by molar-refractivity contribution is 5.50. The van der Waals surface area contributed by atoms with E-state index in [1.165, 1.54) is 5.56 Å². The van der Waals surface area contributed by atoms with Crippen LogP contribution in [0.2, 0.25) is 0 Å². The van der Waals surface area contributed by atoms with Gasteiger partial charge in [-0.3, -0.25) is 0 Å². The molecule has 0 fully saturated rings. The number of methoxy groups -OCH3 is 1. The van der Waals surface area contributed by atoms with Crippen molar-refractivity contribution in [3.05, 3.63) is 28.3 Å². The summed E-state index contributed by atoms with van der Waals surface area (Å²) < 4.78 is 5.35. The molecule has 17 heavy (non-hydrogen) atoms. The van der Waals surface area contributed by atoms with Crippen molar-refractivity contribution in [2.24, 2.45) is 11.5 Å². The molecule has 96 valence electrons. The van der Waals surface area contributed by atoms with E-state index in [1.807, 2.05) is 26.8 Å². The first-order valence-electron chi connectivity index (χ1n) is 5.89. The third-order valence-corrected chi connectivity index (χ3v) is 3.44. The molecular formula is C14H24N2O. The first-order valence-corrected chi connectivity index (χ1v) is 5.89. The maximum atomic E-state index is 6.27. The summed E-state index contributed by atoms with van der Waals surface area (Å²) in [6.45, 7) is 10.1. The van der Waals surface area contributed by atoms with Gasteiger partial charge in [0.1, 0.15) is 5.75 Å². The predicted octanol–water partition coefficient (Wildman–Crippen LogP) is 2.36. The van der Waals surface area contributed by atoms with Gasteiger partial charge in [0.15, 0.2) is 0 Å². The molecule has 1 atom stereocenters. The highest BCUT2D eigenvalue weighted by atomic mass is 16.5. The van der Waals surface area contributed by atoms with Crippen LogP contribution >= 0.6 is 0 Å². The first kappa shape index (κ1) is 14.0. The first-order chi connectivity index (χ1) is 7.70. The van der Waals surface area contributed by atoms with Crippen LogP contribution < -0.4 is 16.2 Å². The second kappa shape index (κ2) is 4.67. The summed E-state index contributed by atoms with van der Waals surface area (Å²) in [6.07, 6.45) is 0. The van der Waals surface area contributed by atoms with Crippen LogP contribution in [0.5, 0.6) is 5.75 Å². The Labute approximate surface area is 104 Å². The summed E-state index contributed by atoms with van der Waals surface area (Å²) in [6, 6.07) is 1.86. The van der Waals surface area contributed by atoms with E-state index in [0.29, 0.717) is 0 Å². The number of ether oxygens (including phenoxy) is 1. The fourth-order valence-electron chi connectivity index (χ4n) is 2.13. The normalized spacial score (nSPS) is 13.6. The summed E-state index contributed by atoms with van der Waals surface area (Å²) in [5.41, 5.74) is 16.5. The van der Waals surface area contributed by atoms with Crippen molar-refractivity contribution in [3.63, 3.8) is 0 Å². The summed E-state index contributed by atoms with van der Waals surface area (Å²) in [5.74, 6) is 0.908. The molecule has 0 aliphatic carbocycles. The lowest BCUT2D eigenvalue weighted by Gasteiger charge is -2.31. The number of rotatable bonds is 3. The standard InChI is InChI=1S/C14H24N2O/c1-8-7-11(17-6)9(2)10(3)12(8)13(15)14(4,5)16/h7,13H,15-16H2,1-6H3. The van der Waals surface area contributed by atoms with E-state index < -0.39 is 5.54 Å². The van der Waals surface area contributed by atoms with E-state index in [-0.39, 0.29) is 6.04 Å². The second-order valence-corrected chi connectivity index (χ2v) is 5.36. The third kappa shape index (κ3) is 2.61. The minimum absolute atomic E-state index is 0.174. The molecule has 0 aliphatic rings. The third-order valence-electron chi connectivity index (χ3n) is 3.44. The minimum Gasteiger partial charge on any atom is -0.496 e. The molecule has 1 unspecified atom stereocenters. The van der Waals surface area contributed by atoms with Gasteiger partial charge in [0.05, 0.1) is 7.11 Å². The van der Waals surface area contributed by atoms with Crippen molar-refractivity contribution >= 4 is 0 Å². The Morgan fingerprint density at radius 1 is 1.18 bits per heavy atom. The molecule has 1 aromatic rings. The van der Waals surface area contributed by atoms with Crippen LogP contribution in [0.1, 0.15) is 42.1 Å². The van der Waals surface area contributed by atoms with Crippen molar-refractivity contribution in [2.75, 3.05) is 7.11 Å². The Kier molecular flexibility index (Phi) is 3.84. The van der Waals surface area contributed by atoms with E-state index >= 15 is 0 Å². The van der Waals surface area contributed by atoms with Gasteiger partial charge in [0.25, 0.3) is 0 Å². The summed E-state index contributed by atoms with van der Waals surface area (Å²) in [5, 5.41) is 0. The van der Waals surface area contributed by atoms with Gasteiger partial charge in [-0.1, -0.05) is 0 Å². The number of benzene rings is 1. The summed E-state index contributed by atoms with van der Waals surface area (Å²) in [7, 11) is 1.69. The van der Waals surface area contributed by atoms with Crippen molar-refractivity contribution in [2.45, 2.75) is 46.2 Å². The van der Waals surface area contributed by atoms with E-state index in [9.17, 15) is 0 Å². The Balaban J connectivity index is 3.41. The van der Waals surface area contributed by atoms with Gasteiger partial charge in [0.2, 0.25) is 0 Å². The van der Waals surface area contributed by atoms with Gasteiger partial charge in [-0.2, -0.15) is 0 Å². The molecule has 0 bridgehead atoms. The smallest absolute Gasteiger partial charge is 0.122 e. The molecule has 3 nitrogen and oxygen atoms in total. The molecule has 0 amide bonds. The summed E-state index contributed by atoms with van der Waals surface area (Å²) in [4.78, 5) is 0. The highest BCUT2D eigenvalue weighted by Gasteiger charge is 2.26. The van der Waals surface area contributed by atoms with Gasteiger partial charge in [-0.15, -0.1) is 0 Å². The zero-order valence-electron chi connectivity index (χ0n) is 11.7. The number of nitrogens with two attached hydrogens (primary N) is 2. The number of hydrogen-bond donors (Lipinski definition) is 2. The maximum Gasteiger partial charge on any atom is 0.122 e. The van der Waals surface area contributed by atoms with E-state index in [2.05, 4.69) is 13.8 Å². The van der Waals surface area contributed by atoms with Crippen LogP contribution in [0.4, 0.5) is 0 Å². The molecule has 0 heterocycles. The van der Waals surface area contributed by atoms with Crippen LogP contribution in [0.15, 0.2) is 6.07 Å². The van der Waals surface area contributed by atoms with Crippen LogP contribution in [0, 0.1) is 20.8 Å². The van der Waals surface area contributed by atoms with Gasteiger partial charge in [-0.05, 0) is 62.9 Å². The average molecular weight is 236 g/mol. The van der Waals surface area contributed by atoms with Gasteiger partial charge >= 0.3 is 0 Å². The lowest BCUT2D eigenvalue weighted by molar-refractivity contribution is 0.404. The quantitative estimate of drug-likeness (QED) is 0.847. The zero-order chi connectivity index (χ0) is 13.4. The second-order valence-electron chi connectivity index (χ2n) is 5.36.